The molecule has 1 aliphatic heterocycles. The SMILES string of the molecule is O=S(=O)(c1ccc(F)cc1)N1CCN(C2CCCCCC2)CC1. The van der Waals surface area contributed by atoms with Gasteiger partial charge in [-0.25, -0.2) is 12.8 Å². The second-order valence-corrected chi connectivity index (χ2v) is 8.48. The molecule has 1 saturated heterocycles. The summed E-state index contributed by atoms with van der Waals surface area (Å²) in [5, 5.41) is 0. The van der Waals surface area contributed by atoms with Crippen molar-refractivity contribution in [1.29, 1.82) is 0 Å². The van der Waals surface area contributed by atoms with Crippen molar-refractivity contribution >= 4 is 10.0 Å². The maximum absolute atomic E-state index is 13.0. The Morgan fingerprint density at radius 1 is 0.870 bits per heavy atom. The third-order valence-electron chi connectivity index (χ3n) is 5.07. The highest BCUT2D eigenvalue weighted by molar-refractivity contribution is 7.89. The maximum atomic E-state index is 13.0. The van der Waals surface area contributed by atoms with Crippen molar-refractivity contribution in [2.24, 2.45) is 0 Å². The van der Waals surface area contributed by atoms with E-state index in [9.17, 15) is 12.8 Å². The van der Waals surface area contributed by atoms with E-state index in [4.69, 9.17) is 0 Å². The monoisotopic (exact) mass is 340 g/mol. The van der Waals surface area contributed by atoms with Gasteiger partial charge in [-0.15, -0.1) is 0 Å². The average Bonchev–Trinajstić information content (AvgIpc) is 2.85. The number of halogens is 1. The van der Waals surface area contributed by atoms with Gasteiger partial charge in [-0.2, -0.15) is 4.31 Å². The number of piperazine rings is 1. The molecule has 1 aliphatic carbocycles. The Labute approximate surface area is 138 Å². The van der Waals surface area contributed by atoms with Gasteiger partial charge in [-0.3, -0.25) is 4.90 Å². The fraction of sp³-hybridized carbons (Fsp3) is 0.647. The van der Waals surface area contributed by atoms with Gasteiger partial charge in [0.25, 0.3) is 0 Å². The number of nitrogens with zero attached hydrogens (tertiary/aromatic N) is 2. The van der Waals surface area contributed by atoms with Crippen molar-refractivity contribution in [3.8, 4) is 0 Å². The molecule has 0 radical (unpaired) electrons. The first-order valence-corrected chi connectivity index (χ1v) is 10.0. The first kappa shape index (κ1) is 16.9. The van der Waals surface area contributed by atoms with Gasteiger partial charge in [0, 0.05) is 32.2 Å². The van der Waals surface area contributed by atoms with E-state index >= 15 is 0 Å². The molecule has 1 heterocycles. The summed E-state index contributed by atoms with van der Waals surface area (Å²) >= 11 is 0. The summed E-state index contributed by atoms with van der Waals surface area (Å²) in [6.07, 6.45) is 7.72. The highest BCUT2D eigenvalue weighted by Gasteiger charge is 2.31. The summed E-state index contributed by atoms with van der Waals surface area (Å²) in [6, 6.07) is 5.72. The van der Waals surface area contributed by atoms with E-state index < -0.39 is 15.8 Å². The molecule has 128 valence electrons. The van der Waals surface area contributed by atoms with Crippen molar-refractivity contribution in [1.82, 2.24) is 9.21 Å². The van der Waals surface area contributed by atoms with Crippen LogP contribution >= 0.6 is 0 Å². The zero-order valence-electron chi connectivity index (χ0n) is 13.5. The predicted octanol–water partition coefficient (Wildman–Crippen LogP) is 2.85. The molecular formula is C17H25FN2O2S. The largest absolute Gasteiger partial charge is 0.298 e. The number of benzene rings is 1. The molecular weight excluding hydrogens is 315 g/mol. The van der Waals surface area contributed by atoms with E-state index in [0.717, 1.165) is 13.1 Å². The molecule has 1 aromatic carbocycles. The van der Waals surface area contributed by atoms with Crippen LogP contribution in [0.5, 0.6) is 0 Å². The van der Waals surface area contributed by atoms with E-state index in [1.54, 1.807) is 0 Å². The molecule has 1 aromatic rings. The molecule has 6 heteroatoms. The molecule has 3 rings (SSSR count). The van der Waals surface area contributed by atoms with Gasteiger partial charge < -0.3 is 0 Å². The molecule has 2 fully saturated rings. The first-order valence-electron chi connectivity index (χ1n) is 8.57. The summed E-state index contributed by atoms with van der Waals surface area (Å²) in [7, 11) is -3.50. The molecule has 0 bridgehead atoms. The minimum atomic E-state index is -3.50. The van der Waals surface area contributed by atoms with Crippen LogP contribution in [0.2, 0.25) is 0 Å². The lowest BCUT2D eigenvalue weighted by Gasteiger charge is -2.38. The lowest BCUT2D eigenvalue weighted by atomic mass is 10.1. The minimum absolute atomic E-state index is 0.182. The minimum Gasteiger partial charge on any atom is -0.298 e. The molecule has 0 amide bonds. The molecule has 0 N–H and O–H groups in total. The highest BCUT2D eigenvalue weighted by atomic mass is 32.2. The topological polar surface area (TPSA) is 40.6 Å². The molecule has 1 saturated carbocycles. The standard InChI is InChI=1S/C17H25FN2O2S/c18-15-7-9-17(10-8-15)23(21,22)20-13-11-19(12-14-20)16-5-3-1-2-4-6-16/h7-10,16H,1-6,11-14H2. The molecule has 0 unspecified atom stereocenters. The van der Waals surface area contributed by atoms with Crippen LogP contribution in [0.15, 0.2) is 29.2 Å². The van der Waals surface area contributed by atoms with Gasteiger partial charge >= 0.3 is 0 Å². The van der Waals surface area contributed by atoms with Gasteiger partial charge in [-0.05, 0) is 37.1 Å². The highest BCUT2D eigenvalue weighted by Crippen LogP contribution is 2.24. The van der Waals surface area contributed by atoms with E-state index in [0.29, 0.717) is 19.1 Å². The predicted molar refractivity (Wildman–Crippen MR) is 88.2 cm³/mol. The quantitative estimate of drug-likeness (QED) is 0.795. The van der Waals surface area contributed by atoms with E-state index in [2.05, 4.69) is 4.90 Å². The molecule has 0 spiro atoms. The number of hydrogen-bond acceptors (Lipinski definition) is 3. The summed E-state index contributed by atoms with van der Waals surface area (Å²) < 4.78 is 39.8. The van der Waals surface area contributed by atoms with Crippen molar-refractivity contribution in [2.45, 2.75) is 49.5 Å². The fourth-order valence-electron chi connectivity index (χ4n) is 3.69. The van der Waals surface area contributed by atoms with Crippen LogP contribution in [0.4, 0.5) is 4.39 Å². The van der Waals surface area contributed by atoms with Gasteiger partial charge in [0.1, 0.15) is 5.82 Å². The lowest BCUT2D eigenvalue weighted by Crippen LogP contribution is -2.51. The first-order chi connectivity index (χ1) is 11.1. The normalized spacial score (nSPS) is 22.8. The number of sulfonamides is 1. The van der Waals surface area contributed by atoms with Crippen molar-refractivity contribution in [3.05, 3.63) is 30.1 Å². The van der Waals surface area contributed by atoms with Crippen molar-refractivity contribution in [2.75, 3.05) is 26.2 Å². The zero-order valence-corrected chi connectivity index (χ0v) is 14.3. The molecule has 0 atom stereocenters. The van der Waals surface area contributed by atoms with Crippen LogP contribution in [0.25, 0.3) is 0 Å². The Bertz CT molecular complexity index is 602. The van der Waals surface area contributed by atoms with Crippen molar-refractivity contribution < 1.29 is 12.8 Å². The van der Waals surface area contributed by atoms with E-state index in [1.807, 2.05) is 0 Å². The average molecular weight is 340 g/mol. The molecule has 2 aliphatic rings. The number of rotatable bonds is 3. The Morgan fingerprint density at radius 2 is 1.43 bits per heavy atom. The van der Waals surface area contributed by atoms with Crippen molar-refractivity contribution in [3.63, 3.8) is 0 Å². The smallest absolute Gasteiger partial charge is 0.243 e. The van der Waals surface area contributed by atoms with Gasteiger partial charge in [-0.1, -0.05) is 25.7 Å². The summed E-state index contributed by atoms with van der Waals surface area (Å²) in [6.45, 7) is 2.64. The van der Waals surface area contributed by atoms with Crippen LogP contribution in [-0.4, -0.2) is 49.8 Å². The second kappa shape index (κ2) is 7.28. The number of hydrogen-bond donors (Lipinski definition) is 0. The Kier molecular flexibility index (Phi) is 5.34. The molecule has 4 nitrogen and oxygen atoms in total. The van der Waals surface area contributed by atoms with Crippen LogP contribution in [0.3, 0.4) is 0 Å². The Balaban J connectivity index is 1.62. The fourth-order valence-corrected chi connectivity index (χ4v) is 5.11. The lowest BCUT2D eigenvalue weighted by molar-refractivity contribution is 0.126. The van der Waals surface area contributed by atoms with E-state index in [-0.39, 0.29) is 4.90 Å². The van der Waals surface area contributed by atoms with Gasteiger partial charge in [0.2, 0.25) is 10.0 Å². The Morgan fingerprint density at radius 3 is 2.00 bits per heavy atom. The van der Waals surface area contributed by atoms with Gasteiger partial charge in [0.05, 0.1) is 4.90 Å². The van der Waals surface area contributed by atoms with Crippen LogP contribution in [0, 0.1) is 5.82 Å². The van der Waals surface area contributed by atoms with Crippen LogP contribution < -0.4 is 0 Å². The summed E-state index contributed by atoms with van der Waals surface area (Å²) in [4.78, 5) is 2.64. The Hall–Kier alpha value is -0.980. The van der Waals surface area contributed by atoms with Gasteiger partial charge in [0.15, 0.2) is 0 Å². The zero-order chi connectivity index (χ0) is 16.3. The van der Waals surface area contributed by atoms with E-state index in [1.165, 1.54) is 67.1 Å². The van der Waals surface area contributed by atoms with Crippen LogP contribution in [0.1, 0.15) is 38.5 Å². The summed E-state index contributed by atoms with van der Waals surface area (Å²) in [5.74, 6) is -0.415. The summed E-state index contributed by atoms with van der Waals surface area (Å²) in [5.41, 5.74) is 0. The van der Waals surface area contributed by atoms with Crippen LogP contribution in [-0.2, 0) is 10.0 Å². The maximum Gasteiger partial charge on any atom is 0.243 e. The second-order valence-electron chi connectivity index (χ2n) is 6.54. The third-order valence-corrected chi connectivity index (χ3v) is 6.98. The third kappa shape index (κ3) is 3.92. The molecule has 23 heavy (non-hydrogen) atoms. The molecule has 0 aromatic heterocycles.